The van der Waals surface area contributed by atoms with Crippen molar-refractivity contribution in [2.45, 2.75) is 44.9 Å². The molecule has 1 amide bonds. The van der Waals surface area contributed by atoms with E-state index < -0.39 is 29.7 Å². The van der Waals surface area contributed by atoms with Crippen LogP contribution in [0.2, 0.25) is 0 Å². The van der Waals surface area contributed by atoms with Crippen LogP contribution in [0.3, 0.4) is 0 Å². The lowest BCUT2D eigenvalue weighted by atomic mass is 10.1. The molecule has 0 aromatic carbocycles. The van der Waals surface area contributed by atoms with E-state index in [-0.39, 0.29) is 13.0 Å². The molecule has 1 fully saturated rings. The van der Waals surface area contributed by atoms with E-state index in [1.165, 1.54) is 6.08 Å². The summed E-state index contributed by atoms with van der Waals surface area (Å²) in [6, 6.07) is 0. The molecule has 0 saturated carbocycles. The molecule has 1 rings (SSSR count). The molecule has 1 aliphatic heterocycles. The minimum Gasteiger partial charge on any atom is -0.462 e. The topological polar surface area (TPSA) is 102 Å². The summed E-state index contributed by atoms with van der Waals surface area (Å²) in [4.78, 5) is 34.6. The van der Waals surface area contributed by atoms with Crippen molar-refractivity contribution in [1.82, 2.24) is 5.32 Å². The molecule has 1 saturated heterocycles. The number of allylic oxidation sites excluding steroid dienone is 1. The number of carbonyl (C=O) groups excluding carboxylic acids is 3. The lowest BCUT2D eigenvalue weighted by molar-refractivity contribution is -0.185. The van der Waals surface area contributed by atoms with Gasteiger partial charge in [-0.05, 0) is 12.8 Å². The number of esters is 2. The smallest absolute Gasteiger partial charge is 0.363 e. The number of aliphatic hydroxyl groups is 1. The van der Waals surface area contributed by atoms with Gasteiger partial charge in [-0.1, -0.05) is 19.9 Å². The Kier molecular flexibility index (Phi) is 5.69. The molecular weight excluding hydrogens is 266 g/mol. The number of carbonyl (C=O) groups is 3. The molecule has 7 nitrogen and oxygen atoms in total. The molecule has 0 aromatic rings. The van der Waals surface area contributed by atoms with Crippen LogP contribution in [-0.4, -0.2) is 41.4 Å². The molecule has 112 valence electrons. The highest BCUT2D eigenvalue weighted by molar-refractivity contribution is 5.92. The summed E-state index contributed by atoms with van der Waals surface area (Å²) < 4.78 is 9.75. The Balaban J connectivity index is 2.76. The molecule has 1 aliphatic rings. The standard InChI is InChI=1S/C13H19NO6/c1-3-5-6-11(16)20-9-8-10(15)14-13(9,18)12(17)19-7-4-2/h5-6,9,18H,3-4,7-8H2,1-2H3,(H,14,15)/t9?,13-/m1/s1. The number of hydrogen-bond donors (Lipinski definition) is 2. The highest BCUT2D eigenvalue weighted by Gasteiger charge is 2.55. The Morgan fingerprint density at radius 3 is 2.80 bits per heavy atom. The number of ether oxygens (including phenoxy) is 2. The van der Waals surface area contributed by atoms with Gasteiger partial charge in [-0.3, -0.25) is 4.79 Å². The summed E-state index contributed by atoms with van der Waals surface area (Å²) in [5.41, 5.74) is -2.32. The summed E-state index contributed by atoms with van der Waals surface area (Å²) in [5.74, 6) is -2.34. The maximum absolute atomic E-state index is 11.8. The summed E-state index contributed by atoms with van der Waals surface area (Å²) in [6.45, 7) is 3.73. The van der Waals surface area contributed by atoms with Gasteiger partial charge in [0.1, 0.15) is 0 Å². The highest BCUT2D eigenvalue weighted by Crippen LogP contribution is 2.23. The van der Waals surface area contributed by atoms with Gasteiger partial charge in [-0.15, -0.1) is 0 Å². The largest absolute Gasteiger partial charge is 0.462 e. The van der Waals surface area contributed by atoms with Crippen LogP contribution in [0.25, 0.3) is 0 Å². The van der Waals surface area contributed by atoms with Crippen LogP contribution in [0, 0.1) is 0 Å². The first-order valence-corrected chi connectivity index (χ1v) is 6.51. The third kappa shape index (κ3) is 3.80. The Labute approximate surface area is 116 Å². The summed E-state index contributed by atoms with van der Waals surface area (Å²) >= 11 is 0. The van der Waals surface area contributed by atoms with Gasteiger partial charge in [0.25, 0.3) is 5.72 Å². The monoisotopic (exact) mass is 285 g/mol. The Morgan fingerprint density at radius 2 is 2.20 bits per heavy atom. The van der Waals surface area contributed by atoms with Crippen molar-refractivity contribution in [3.05, 3.63) is 12.2 Å². The molecular formula is C13H19NO6. The van der Waals surface area contributed by atoms with Crippen LogP contribution in [0.4, 0.5) is 0 Å². The molecule has 0 spiro atoms. The molecule has 0 bridgehead atoms. The maximum atomic E-state index is 11.8. The van der Waals surface area contributed by atoms with Gasteiger partial charge in [0.05, 0.1) is 13.0 Å². The first kappa shape index (κ1) is 16.2. The molecule has 0 aliphatic carbocycles. The van der Waals surface area contributed by atoms with Crippen molar-refractivity contribution in [2.24, 2.45) is 0 Å². The average Bonchev–Trinajstić information content (AvgIpc) is 2.69. The van der Waals surface area contributed by atoms with Gasteiger partial charge >= 0.3 is 11.9 Å². The van der Waals surface area contributed by atoms with Crippen LogP contribution < -0.4 is 5.32 Å². The molecule has 7 heteroatoms. The zero-order valence-corrected chi connectivity index (χ0v) is 11.5. The molecule has 0 aromatic heterocycles. The Hall–Kier alpha value is -1.89. The average molecular weight is 285 g/mol. The third-order valence-electron chi connectivity index (χ3n) is 2.66. The van der Waals surface area contributed by atoms with Gasteiger partial charge in [0, 0.05) is 6.08 Å². The van der Waals surface area contributed by atoms with E-state index in [0.717, 1.165) is 0 Å². The third-order valence-corrected chi connectivity index (χ3v) is 2.66. The molecule has 1 heterocycles. The predicted octanol–water partition coefficient (Wildman–Crippen LogP) is 0.0261. The minimum absolute atomic E-state index is 0.105. The quantitative estimate of drug-likeness (QED) is 0.527. The molecule has 1 unspecified atom stereocenters. The van der Waals surface area contributed by atoms with Gasteiger partial charge in [-0.25, -0.2) is 9.59 Å². The summed E-state index contributed by atoms with van der Waals surface area (Å²) in [5, 5.41) is 12.3. The van der Waals surface area contributed by atoms with Crippen molar-refractivity contribution >= 4 is 17.8 Å². The SMILES string of the molecule is CCC=CC(=O)OC1CC(=O)N[C@]1(O)C(=O)OCCC. The van der Waals surface area contributed by atoms with Crippen LogP contribution in [0.1, 0.15) is 33.1 Å². The van der Waals surface area contributed by atoms with E-state index in [1.54, 1.807) is 13.0 Å². The fourth-order valence-corrected chi connectivity index (χ4v) is 1.67. The second-order valence-corrected chi connectivity index (χ2v) is 4.39. The van der Waals surface area contributed by atoms with Crippen molar-refractivity contribution < 1.29 is 29.0 Å². The molecule has 0 radical (unpaired) electrons. The Bertz CT molecular complexity index is 419. The predicted molar refractivity (Wildman–Crippen MR) is 68.3 cm³/mol. The van der Waals surface area contributed by atoms with E-state index in [0.29, 0.717) is 12.8 Å². The number of nitrogens with one attached hydrogen (secondary N) is 1. The van der Waals surface area contributed by atoms with E-state index in [2.05, 4.69) is 5.32 Å². The number of hydrogen-bond acceptors (Lipinski definition) is 6. The number of rotatable bonds is 6. The van der Waals surface area contributed by atoms with E-state index in [4.69, 9.17) is 9.47 Å². The molecule has 2 N–H and O–H groups in total. The van der Waals surface area contributed by atoms with Gasteiger partial charge in [0.15, 0.2) is 6.10 Å². The minimum atomic E-state index is -2.32. The second-order valence-electron chi connectivity index (χ2n) is 4.39. The molecule has 20 heavy (non-hydrogen) atoms. The van der Waals surface area contributed by atoms with E-state index in [1.807, 2.05) is 6.92 Å². The lowest BCUT2D eigenvalue weighted by Crippen LogP contribution is -2.57. The maximum Gasteiger partial charge on any atom is 0.363 e. The van der Waals surface area contributed by atoms with E-state index >= 15 is 0 Å². The van der Waals surface area contributed by atoms with Gasteiger partial charge < -0.3 is 19.9 Å². The van der Waals surface area contributed by atoms with Crippen LogP contribution in [0.5, 0.6) is 0 Å². The first-order valence-electron chi connectivity index (χ1n) is 6.51. The van der Waals surface area contributed by atoms with Gasteiger partial charge in [0.2, 0.25) is 5.91 Å². The van der Waals surface area contributed by atoms with Crippen molar-refractivity contribution in [1.29, 1.82) is 0 Å². The lowest BCUT2D eigenvalue weighted by Gasteiger charge is -2.26. The Morgan fingerprint density at radius 1 is 1.50 bits per heavy atom. The van der Waals surface area contributed by atoms with Crippen molar-refractivity contribution in [3.63, 3.8) is 0 Å². The van der Waals surface area contributed by atoms with Crippen LogP contribution in [0.15, 0.2) is 12.2 Å². The van der Waals surface area contributed by atoms with Crippen molar-refractivity contribution in [3.8, 4) is 0 Å². The summed E-state index contributed by atoms with van der Waals surface area (Å²) in [7, 11) is 0. The van der Waals surface area contributed by atoms with Crippen LogP contribution >= 0.6 is 0 Å². The normalized spacial score (nSPS) is 25.6. The number of amides is 1. The second kappa shape index (κ2) is 7.04. The van der Waals surface area contributed by atoms with Crippen LogP contribution in [-0.2, 0) is 23.9 Å². The molecule has 2 atom stereocenters. The highest BCUT2D eigenvalue weighted by atomic mass is 16.6. The zero-order chi connectivity index (χ0) is 15.2. The zero-order valence-electron chi connectivity index (χ0n) is 11.5. The first-order chi connectivity index (χ1) is 9.43. The van der Waals surface area contributed by atoms with E-state index in [9.17, 15) is 19.5 Å². The fraction of sp³-hybridized carbons (Fsp3) is 0.615. The summed E-state index contributed by atoms with van der Waals surface area (Å²) in [6.07, 6.45) is 2.37. The van der Waals surface area contributed by atoms with Gasteiger partial charge in [-0.2, -0.15) is 0 Å². The van der Waals surface area contributed by atoms with Crippen molar-refractivity contribution in [2.75, 3.05) is 6.61 Å². The fourth-order valence-electron chi connectivity index (χ4n) is 1.67.